The maximum absolute atomic E-state index is 13.3. The predicted molar refractivity (Wildman–Crippen MR) is 84.2 cm³/mol. The Labute approximate surface area is 134 Å². The highest BCUT2D eigenvalue weighted by Crippen LogP contribution is 2.16. The van der Waals surface area contributed by atoms with E-state index in [9.17, 15) is 14.0 Å². The third-order valence-corrected chi connectivity index (χ3v) is 2.97. The Bertz CT molecular complexity index is 558. The van der Waals surface area contributed by atoms with Gasteiger partial charge in [-0.3, -0.25) is 4.79 Å². The standard InChI is InChI=1S/C15H21ClFN3O2/c1-15(2,3)19-13(21)8-18-14(22)20(4)9-10-5-6-11(16)12(17)7-10/h5-7H,8-9H2,1-4H3,(H,18,22)(H,19,21). The molecule has 0 saturated carbocycles. The molecule has 0 aliphatic rings. The van der Waals surface area contributed by atoms with Crippen LogP contribution in [-0.4, -0.2) is 36.0 Å². The summed E-state index contributed by atoms with van der Waals surface area (Å²) in [6, 6.07) is 3.94. The van der Waals surface area contributed by atoms with Gasteiger partial charge in [0.1, 0.15) is 5.82 Å². The minimum absolute atomic E-state index is 0.0368. The Hall–Kier alpha value is -1.82. The lowest BCUT2D eigenvalue weighted by Crippen LogP contribution is -2.47. The number of hydrogen-bond acceptors (Lipinski definition) is 2. The van der Waals surface area contributed by atoms with Crippen molar-refractivity contribution in [2.24, 2.45) is 0 Å². The molecule has 0 heterocycles. The molecule has 0 fully saturated rings. The van der Waals surface area contributed by atoms with Gasteiger partial charge in [-0.25, -0.2) is 9.18 Å². The number of carbonyl (C=O) groups is 2. The average molecular weight is 330 g/mol. The Morgan fingerprint density at radius 2 is 1.95 bits per heavy atom. The van der Waals surface area contributed by atoms with Gasteiger partial charge in [0.25, 0.3) is 0 Å². The molecule has 7 heteroatoms. The molecule has 3 amide bonds. The first-order valence-corrected chi connectivity index (χ1v) is 7.20. The van der Waals surface area contributed by atoms with Crippen LogP contribution in [0.2, 0.25) is 5.02 Å². The van der Waals surface area contributed by atoms with Crippen LogP contribution in [0.5, 0.6) is 0 Å². The van der Waals surface area contributed by atoms with E-state index in [0.29, 0.717) is 5.56 Å². The molecule has 5 nitrogen and oxygen atoms in total. The first-order valence-electron chi connectivity index (χ1n) is 6.82. The normalized spacial score (nSPS) is 11.0. The van der Waals surface area contributed by atoms with E-state index in [1.807, 2.05) is 20.8 Å². The summed E-state index contributed by atoms with van der Waals surface area (Å²) in [5, 5.41) is 5.28. The minimum atomic E-state index is -0.530. The van der Waals surface area contributed by atoms with Crippen molar-refractivity contribution in [3.05, 3.63) is 34.6 Å². The molecule has 0 aliphatic carbocycles. The van der Waals surface area contributed by atoms with E-state index in [1.54, 1.807) is 13.1 Å². The second-order valence-electron chi connectivity index (χ2n) is 6.06. The van der Waals surface area contributed by atoms with Crippen LogP contribution in [0.1, 0.15) is 26.3 Å². The zero-order valence-electron chi connectivity index (χ0n) is 13.2. The van der Waals surface area contributed by atoms with Crippen molar-refractivity contribution < 1.29 is 14.0 Å². The van der Waals surface area contributed by atoms with Gasteiger partial charge >= 0.3 is 6.03 Å². The highest BCUT2D eigenvalue weighted by molar-refractivity contribution is 6.30. The number of hydrogen-bond donors (Lipinski definition) is 2. The predicted octanol–water partition coefficient (Wildman–Crippen LogP) is 2.54. The molecule has 22 heavy (non-hydrogen) atoms. The number of nitrogens with one attached hydrogen (secondary N) is 2. The van der Waals surface area contributed by atoms with E-state index in [1.165, 1.54) is 17.0 Å². The highest BCUT2D eigenvalue weighted by Gasteiger charge is 2.15. The Kier molecular flexibility index (Phi) is 6.17. The van der Waals surface area contributed by atoms with Crippen molar-refractivity contribution in [3.8, 4) is 0 Å². The van der Waals surface area contributed by atoms with Crippen molar-refractivity contribution in [3.63, 3.8) is 0 Å². The van der Waals surface area contributed by atoms with Gasteiger partial charge in [-0.2, -0.15) is 0 Å². The fourth-order valence-corrected chi connectivity index (χ4v) is 1.85. The number of benzene rings is 1. The molecule has 0 saturated heterocycles. The molecule has 1 aromatic carbocycles. The minimum Gasteiger partial charge on any atom is -0.350 e. The fourth-order valence-electron chi connectivity index (χ4n) is 1.74. The summed E-state index contributed by atoms with van der Waals surface area (Å²) >= 11 is 5.60. The number of rotatable bonds is 4. The van der Waals surface area contributed by atoms with Gasteiger partial charge in [0.2, 0.25) is 5.91 Å². The van der Waals surface area contributed by atoms with Crippen LogP contribution < -0.4 is 10.6 Å². The van der Waals surface area contributed by atoms with Crippen LogP contribution in [0.15, 0.2) is 18.2 Å². The van der Waals surface area contributed by atoms with Crippen LogP contribution in [0, 0.1) is 5.82 Å². The van der Waals surface area contributed by atoms with Gasteiger partial charge in [-0.1, -0.05) is 17.7 Å². The van der Waals surface area contributed by atoms with Gasteiger partial charge in [-0.05, 0) is 38.5 Å². The van der Waals surface area contributed by atoms with Crippen molar-refractivity contribution >= 4 is 23.5 Å². The lowest BCUT2D eigenvalue weighted by atomic mass is 10.1. The summed E-state index contributed by atoms with van der Waals surface area (Å²) in [6.07, 6.45) is 0. The van der Waals surface area contributed by atoms with Gasteiger partial charge in [-0.15, -0.1) is 0 Å². The summed E-state index contributed by atoms with van der Waals surface area (Å²) in [6.45, 7) is 5.66. The monoisotopic (exact) mass is 329 g/mol. The van der Waals surface area contributed by atoms with E-state index >= 15 is 0 Å². The van der Waals surface area contributed by atoms with Crippen LogP contribution in [0.3, 0.4) is 0 Å². The van der Waals surface area contributed by atoms with Gasteiger partial charge < -0.3 is 15.5 Å². The average Bonchev–Trinajstić information content (AvgIpc) is 2.38. The molecule has 0 aliphatic heterocycles. The number of amides is 3. The third-order valence-electron chi connectivity index (χ3n) is 2.67. The largest absolute Gasteiger partial charge is 0.350 e. The molecule has 0 aromatic heterocycles. The lowest BCUT2D eigenvalue weighted by molar-refractivity contribution is -0.121. The summed E-state index contributed by atoms with van der Waals surface area (Å²) < 4.78 is 13.3. The molecule has 2 N–H and O–H groups in total. The van der Waals surface area contributed by atoms with E-state index in [4.69, 9.17) is 11.6 Å². The SMILES string of the molecule is CN(Cc1ccc(Cl)c(F)c1)C(=O)NCC(=O)NC(C)(C)C. The van der Waals surface area contributed by atoms with Gasteiger partial charge in [0.05, 0.1) is 11.6 Å². The summed E-state index contributed by atoms with van der Waals surface area (Å²) in [4.78, 5) is 24.9. The molecule has 122 valence electrons. The van der Waals surface area contributed by atoms with E-state index in [0.717, 1.165) is 0 Å². The van der Waals surface area contributed by atoms with Crippen molar-refractivity contribution in [1.82, 2.24) is 15.5 Å². The number of carbonyl (C=O) groups excluding carboxylic acids is 2. The lowest BCUT2D eigenvalue weighted by Gasteiger charge is -2.22. The maximum atomic E-state index is 13.3. The second-order valence-corrected chi connectivity index (χ2v) is 6.47. The summed E-state index contributed by atoms with van der Waals surface area (Å²) in [7, 11) is 1.56. The maximum Gasteiger partial charge on any atom is 0.317 e. The van der Waals surface area contributed by atoms with Crippen LogP contribution in [-0.2, 0) is 11.3 Å². The quantitative estimate of drug-likeness (QED) is 0.891. The summed E-state index contributed by atoms with van der Waals surface area (Å²) in [5.41, 5.74) is 0.257. The van der Waals surface area contributed by atoms with Crippen molar-refractivity contribution in [2.45, 2.75) is 32.9 Å². The molecular weight excluding hydrogens is 309 g/mol. The molecule has 1 aromatic rings. The van der Waals surface area contributed by atoms with E-state index in [-0.39, 0.29) is 29.6 Å². The number of nitrogens with zero attached hydrogens (tertiary/aromatic N) is 1. The Balaban J connectivity index is 2.48. The van der Waals surface area contributed by atoms with Crippen LogP contribution in [0.25, 0.3) is 0 Å². The molecule has 0 radical (unpaired) electrons. The van der Waals surface area contributed by atoms with Crippen molar-refractivity contribution in [1.29, 1.82) is 0 Å². The molecule has 1 rings (SSSR count). The molecular formula is C15H21ClFN3O2. The third kappa shape index (κ3) is 6.30. The highest BCUT2D eigenvalue weighted by atomic mass is 35.5. The first kappa shape index (κ1) is 18.2. The topological polar surface area (TPSA) is 61.4 Å². The van der Waals surface area contributed by atoms with Crippen LogP contribution in [0.4, 0.5) is 9.18 Å². The van der Waals surface area contributed by atoms with Crippen molar-refractivity contribution in [2.75, 3.05) is 13.6 Å². The Morgan fingerprint density at radius 1 is 1.32 bits per heavy atom. The second kappa shape index (κ2) is 7.45. The summed E-state index contributed by atoms with van der Waals surface area (Å²) in [5.74, 6) is -0.802. The fraction of sp³-hybridized carbons (Fsp3) is 0.467. The Morgan fingerprint density at radius 3 is 2.50 bits per heavy atom. The van der Waals surface area contributed by atoms with Crippen LogP contribution >= 0.6 is 11.6 Å². The molecule has 0 spiro atoms. The zero-order valence-corrected chi connectivity index (χ0v) is 13.9. The first-order chi connectivity index (χ1) is 10.1. The molecule has 0 atom stereocenters. The molecule has 0 unspecified atom stereocenters. The smallest absolute Gasteiger partial charge is 0.317 e. The molecule has 0 bridgehead atoms. The van der Waals surface area contributed by atoms with Gasteiger partial charge in [0, 0.05) is 19.1 Å². The van der Waals surface area contributed by atoms with Gasteiger partial charge in [0.15, 0.2) is 0 Å². The number of urea groups is 1. The zero-order chi connectivity index (χ0) is 16.9. The number of halogens is 2. The van der Waals surface area contributed by atoms with E-state index in [2.05, 4.69) is 10.6 Å². The van der Waals surface area contributed by atoms with E-state index < -0.39 is 11.8 Å².